The van der Waals surface area contributed by atoms with E-state index in [2.05, 4.69) is 46.3 Å². The summed E-state index contributed by atoms with van der Waals surface area (Å²) < 4.78 is 14.1. The first-order chi connectivity index (χ1) is 17.7. The Morgan fingerprint density at radius 1 is 0.972 bits per heavy atom. The maximum atomic E-state index is 12.8. The van der Waals surface area contributed by atoms with Gasteiger partial charge in [0.05, 0.1) is 6.21 Å². The molecule has 1 unspecified atom stereocenters. The molecule has 1 aliphatic heterocycles. The Labute approximate surface area is 208 Å². The smallest absolute Gasteiger partial charge is 0.284 e. The fourth-order valence-electron chi connectivity index (χ4n) is 4.71. The number of hydrogen-bond acceptors (Lipinski definition) is 4. The SMILES string of the molecule is Cc1c(C=NNC(=O)C2COc3cc4ccccc4cc3O2)c2ccccc2n1Cc1ccccc1. The molecule has 0 fully saturated rings. The van der Waals surface area contributed by atoms with Crippen molar-refractivity contribution in [1.29, 1.82) is 0 Å². The highest BCUT2D eigenvalue weighted by molar-refractivity contribution is 6.01. The molecule has 1 aliphatic rings. The zero-order valence-corrected chi connectivity index (χ0v) is 19.8. The van der Waals surface area contributed by atoms with Crippen LogP contribution in [0.1, 0.15) is 16.8 Å². The van der Waals surface area contributed by atoms with E-state index in [-0.39, 0.29) is 12.5 Å². The molecule has 0 saturated carbocycles. The van der Waals surface area contributed by atoms with E-state index < -0.39 is 6.10 Å². The molecule has 0 radical (unpaired) electrons. The summed E-state index contributed by atoms with van der Waals surface area (Å²) in [6.45, 7) is 2.96. The fraction of sp³-hybridized carbons (Fsp3) is 0.133. The summed E-state index contributed by atoms with van der Waals surface area (Å²) in [7, 11) is 0. The maximum absolute atomic E-state index is 12.8. The number of benzene rings is 4. The van der Waals surface area contributed by atoms with Crippen molar-refractivity contribution in [1.82, 2.24) is 9.99 Å². The molecule has 1 aromatic heterocycles. The highest BCUT2D eigenvalue weighted by Gasteiger charge is 2.27. The van der Waals surface area contributed by atoms with Crippen LogP contribution in [0.3, 0.4) is 0 Å². The van der Waals surface area contributed by atoms with Gasteiger partial charge in [0.25, 0.3) is 5.91 Å². The van der Waals surface area contributed by atoms with E-state index in [0.717, 1.165) is 39.5 Å². The minimum Gasteiger partial charge on any atom is -0.485 e. The van der Waals surface area contributed by atoms with Gasteiger partial charge in [0, 0.05) is 28.7 Å². The number of nitrogens with one attached hydrogen (secondary N) is 1. The summed E-state index contributed by atoms with van der Waals surface area (Å²) in [4.78, 5) is 12.8. The number of para-hydroxylation sites is 1. The predicted molar refractivity (Wildman–Crippen MR) is 142 cm³/mol. The van der Waals surface area contributed by atoms with Gasteiger partial charge in [0.1, 0.15) is 6.61 Å². The Morgan fingerprint density at radius 2 is 1.67 bits per heavy atom. The van der Waals surface area contributed by atoms with Gasteiger partial charge in [0.2, 0.25) is 6.10 Å². The van der Waals surface area contributed by atoms with Gasteiger partial charge in [-0.25, -0.2) is 5.43 Å². The normalized spacial score (nSPS) is 15.0. The number of carbonyl (C=O) groups excluding carboxylic acids is 1. The number of hydrogen-bond donors (Lipinski definition) is 1. The van der Waals surface area contributed by atoms with Crippen LogP contribution in [-0.4, -0.2) is 29.4 Å². The fourth-order valence-corrected chi connectivity index (χ4v) is 4.71. The van der Waals surface area contributed by atoms with Crippen molar-refractivity contribution in [2.24, 2.45) is 5.10 Å². The Hall–Kier alpha value is -4.58. The lowest BCUT2D eigenvalue weighted by Gasteiger charge is -2.25. The largest absolute Gasteiger partial charge is 0.485 e. The van der Waals surface area contributed by atoms with Gasteiger partial charge in [-0.3, -0.25) is 4.79 Å². The molecule has 1 N–H and O–H groups in total. The molecule has 6 heteroatoms. The summed E-state index contributed by atoms with van der Waals surface area (Å²) in [6.07, 6.45) is 0.929. The van der Waals surface area contributed by atoms with Crippen molar-refractivity contribution in [3.05, 3.63) is 108 Å². The second kappa shape index (κ2) is 9.23. The van der Waals surface area contributed by atoms with Crippen LogP contribution in [0.5, 0.6) is 11.5 Å². The van der Waals surface area contributed by atoms with Crippen LogP contribution in [0.15, 0.2) is 96.1 Å². The Morgan fingerprint density at radius 3 is 2.47 bits per heavy atom. The van der Waals surface area contributed by atoms with Crippen molar-refractivity contribution >= 4 is 33.8 Å². The van der Waals surface area contributed by atoms with Crippen molar-refractivity contribution in [3.8, 4) is 11.5 Å². The third-order valence-electron chi connectivity index (χ3n) is 6.60. The van der Waals surface area contributed by atoms with Crippen LogP contribution >= 0.6 is 0 Å². The highest BCUT2D eigenvalue weighted by atomic mass is 16.6. The molecule has 5 aromatic rings. The highest BCUT2D eigenvalue weighted by Crippen LogP contribution is 2.36. The maximum Gasteiger partial charge on any atom is 0.284 e. The minimum atomic E-state index is -0.781. The van der Waals surface area contributed by atoms with Crippen LogP contribution in [0.2, 0.25) is 0 Å². The third kappa shape index (κ3) is 4.07. The monoisotopic (exact) mass is 475 g/mol. The van der Waals surface area contributed by atoms with E-state index in [1.54, 1.807) is 6.21 Å². The molecule has 0 saturated heterocycles. The molecular formula is C30H25N3O3. The summed E-state index contributed by atoms with van der Waals surface area (Å²) in [5.41, 5.74) is 7.03. The van der Waals surface area contributed by atoms with Gasteiger partial charge in [-0.15, -0.1) is 0 Å². The molecule has 1 amide bonds. The van der Waals surface area contributed by atoms with Gasteiger partial charge in [-0.05, 0) is 41.5 Å². The van der Waals surface area contributed by atoms with Crippen LogP contribution < -0.4 is 14.9 Å². The number of nitrogens with zero attached hydrogens (tertiary/aromatic N) is 2. The van der Waals surface area contributed by atoms with E-state index in [0.29, 0.717) is 11.5 Å². The summed E-state index contributed by atoms with van der Waals surface area (Å²) in [5, 5.41) is 7.46. The summed E-state index contributed by atoms with van der Waals surface area (Å²) in [6, 6.07) is 30.4. The minimum absolute atomic E-state index is 0.127. The molecule has 0 aliphatic carbocycles. The second-order valence-corrected chi connectivity index (χ2v) is 8.89. The molecule has 1 atom stereocenters. The first-order valence-electron chi connectivity index (χ1n) is 11.9. The molecule has 2 heterocycles. The Kier molecular flexibility index (Phi) is 5.62. The lowest BCUT2D eigenvalue weighted by atomic mass is 10.1. The number of ether oxygens (including phenoxy) is 2. The lowest BCUT2D eigenvalue weighted by Crippen LogP contribution is -2.42. The average Bonchev–Trinajstić information content (AvgIpc) is 3.18. The van der Waals surface area contributed by atoms with E-state index in [1.807, 2.05) is 66.7 Å². The summed E-state index contributed by atoms with van der Waals surface area (Å²) >= 11 is 0. The molecule has 0 spiro atoms. The van der Waals surface area contributed by atoms with E-state index in [1.165, 1.54) is 5.56 Å². The van der Waals surface area contributed by atoms with Gasteiger partial charge in [-0.1, -0.05) is 72.8 Å². The quantitative estimate of drug-likeness (QED) is 0.272. The van der Waals surface area contributed by atoms with Gasteiger partial charge < -0.3 is 14.0 Å². The number of aromatic nitrogens is 1. The van der Waals surface area contributed by atoms with E-state index >= 15 is 0 Å². The first-order valence-corrected chi connectivity index (χ1v) is 11.9. The number of carbonyl (C=O) groups is 1. The number of hydrazone groups is 1. The zero-order chi connectivity index (χ0) is 24.5. The van der Waals surface area contributed by atoms with Crippen LogP contribution in [0.4, 0.5) is 0 Å². The average molecular weight is 476 g/mol. The van der Waals surface area contributed by atoms with Crippen LogP contribution in [0.25, 0.3) is 21.7 Å². The predicted octanol–water partition coefficient (Wildman–Crippen LogP) is 5.44. The van der Waals surface area contributed by atoms with Crippen molar-refractivity contribution in [2.75, 3.05) is 6.61 Å². The summed E-state index contributed by atoms with van der Waals surface area (Å²) in [5.74, 6) is 0.850. The van der Waals surface area contributed by atoms with Crippen LogP contribution in [0, 0.1) is 6.92 Å². The van der Waals surface area contributed by atoms with Crippen molar-refractivity contribution in [2.45, 2.75) is 19.6 Å². The number of rotatable bonds is 5. The standard InChI is InChI=1S/C30H25N3O3/c1-20-25(24-13-7-8-14-26(24)33(20)18-21-9-3-2-4-10-21)17-31-32-30(34)29-19-35-27-15-22-11-5-6-12-23(22)16-28(27)36-29/h2-17,29H,18-19H2,1H3,(H,32,34). The van der Waals surface area contributed by atoms with E-state index in [4.69, 9.17) is 9.47 Å². The number of amides is 1. The first kappa shape index (κ1) is 21.9. The topological polar surface area (TPSA) is 64.8 Å². The molecule has 4 aromatic carbocycles. The van der Waals surface area contributed by atoms with Crippen molar-refractivity contribution in [3.63, 3.8) is 0 Å². The third-order valence-corrected chi connectivity index (χ3v) is 6.60. The molecule has 6 rings (SSSR count). The van der Waals surface area contributed by atoms with E-state index in [9.17, 15) is 4.79 Å². The molecule has 0 bridgehead atoms. The zero-order valence-electron chi connectivity index (χ0n) is 19.8. The Balaban J connectivity index is 1.20. The molecule has 178 valence electrons. The molecule has 6 nitrogen and oxygen atoms in total. The number of fused-ring (bicyclic) bond motifs is 3. The second-order valence-electron chi connectivity index (χ2n) is 8.89. The Bertz CT molecular complexity index is 1600. The van der Waals surface area contributed by atoms with Gasteiger partial charge in [0.15, 0.2) is 11.5 Å². The van der Waals surface area contributed by atoms with Crippen molar-refractivity contribution < 1.29 is 14.3 Å². The van der Waals surface area contributed by atoms with Gasteiger partial charge >= 0.3 is 0 Å². The van der Waals surface area contributed by atoms with Gasteiger partial charge in [-0.2, -0.15) is 5.10 Å². The molecular weight excluding hydrogens is 450 g/mol. The lowest BCUT2D eigenvalue weighted by molar-refractivity contribution is -0.130. The van der Waals surface area contributed by atoms with Crippen LogP contribution in [-0.2, 0) is 11.3 Å². The molecule has 36 heavy (non-hydrogen) atoms.